The molecule has 1 aliphatic rings. The highest BCUT2D eigenvalue weighted by atomic mass is 19.4. The van der Waals surface area contributed by atoms with E-state index >= 15 is 0 Å². The number of alkyl halides is 3. The van der Waals surface area contributed by atoms with Gasteiger partial charge < -0.3 is 14.6 Å². The van der Waals surface area contributed by atoms with E-state index < -0.39 is 48.4 Å². The molecule has 0 radical (unpaired) electrons. The van der Waals surface area contributed by atoms with Crippen LogP contribution in [0, 0.1) is 0 Å². The number of ether oxygens (including phenoxy) is 2. The molecule has 122 valence electrons. The Labute approximate surface area is 119 Å². The van der Waals surface area contributed by atoms with Crippen molar-refractivity contribution in [2.75, 3.05) is 13.7 Å². The molecule has 1 aliphatic heterocycles. The van der Waals surface area contributed by atoms with Crippen LogP contribution in [0.25, 0.3) is 0 Å². The molecule has 0 aromatic carbocycles. The maximum Gasteiger partial charge on any atom is 0.419 e. The summed E-state index contributed by atoms with van der Waals surface area (Å²) in [5.41, 5.74) is -3.65. The first-order chi connectivity index (χ1) is 9.33. The van der Waals surface area contributed by atoms with Crippen LogP contribution in [0.5, 0.6) is 0 Å². The Bertz CT molecular complexity index is 432. The second-order valence-electron chi connectivity index (χ2n) is 5.86. The Kier molecular flexibility index (Phi) is 4.48. The molecular weight excluding hydrogens is 295 g/mol. The van der Waals surface area contributed by atoms with Crippen LogP contribution in [-0.4, -0.2) is 59.1 Å². The summed E-state index contributed by atoms with van der Waals surface area (Å²) in [6, 6.07) is -1.65. The molecule has 0 unspecified atom stereocenters. The van der Waals surface area contributed by atoms with Crippen molar-refractivity contribution in [1.82, 2.24) is 4.90 Å². The van der Waals surface area contributed by atoms with Gasteiger partial charge in [-0.2, -0.15) is 13.2 Å². The van der Waals surface area contributed by atoms with Crippen molar-refractivity contribution < 1.29 is 37.3 Å². The largest absolute Gasteiger partial charge is 0.480 e. The zero-order chi connectivity index (χ0) is 16.6. The molecule has 2 atom stereocenters. The topological polar surface area (TPSA) is 76.1 Å². The van der Waals surface area contributed by atoms with Crippen molar-refractivity contribution in [3.63, 3.8) is 0 Å². The van der Waals surface area contributed by atoms with E-state index in [1.54, 1.807) is 0 Å². The molecule has 0 aromatic rings. The number of hydrogen-bond acceptors (Lipinski definition) is 4. The van der Waals surface area contributed by atoms with Gasteiger partial charge in [-0.05, 0) is 20.8 Å². The van der Waals surface area contributed by atoms with Gasteiger partial charge in [0.15, 0.2) is 5.60 Å². The zero-order valence-electron chi connectivity index (χ0n) is 12.2. The van der Waals surface area contributed by atoms with E-state index in [-0.39, 0.29) is 0 Å². The number of carboxylic acid groups (broad SMARTS) is 1. The summed E-state index contributed by atoms with van der Waals surface area (Å²) in [5, 5.41) is 9.05. The maximum atomic E-state index is 13.1. The number of halogens is 3. The van der Waals surface area contributed by atoms with E-state index in [1.165, 1.54) is 20.8 Å². The third kappa shape index (κ3) is 3.58. The molecule has 1 saturated heterocycles. The summed E-state index contributed by atoms with van der Waals surface area (Å²) < 4.78 is 48.9. The van der Waals surface area contributed by atoms with E-state index in [1.807, 2.05) is 0 Å². The molecule has 0 bridgehead atoms. The fourth-order valence-corrected chi connectivity index (χ4v) is 2.07. The van der Waals surface area contributed by atoms with Crippen LogP contribution in [0.3, 0.4) is 0 Å². The number of carbonyl (C=O) groups is 2. The molecule has 1 fully saturated rings. The van der Waals surface area contributed by atoms with Crippen LogP contribution >= 0.6 is 0 Å². The van der Waals surface area contributed by atoms with Crippen LogP contribution in [-0.2, 0) is 14.3 Å². The number of amides is 1. The zero-order valence-corrected chi connectivity index (χ0v) is 12.2. The molecule has 1 amide bonds. The number of hydrogen-bond donors (Lipinski definition) is 1. The normalized spacial score (nSPS) is 26.8. The van der Waals surface area contributed by atoms with Gasteiger partial charge in [0.1, 0.15) is 11.6 Å². The van der Waals surface area contributed by atoms with Crippen molar-refractivity contribution >= 4 is 12.1 Å². The molecule has 0 spiro atoms. The van der Waals surface area contributed by atoms with E-state index in [0.29, 0.717) is 4.90 Å². The standard InChI is InChI=1S/C12H18F3NO5/c1-10(2,3)21-9(19)16-6-11(20-4,12(13,14)15)5-7(16)8(17)18/h7H,5-6H2,1-4H3,(H,17,18)/t7-,11-/m0/s1. The lowest BCUT2D eigenvalue weighted by Crippen LogP contribution is -2.50. The molecule has 1 heterocycles. The monoisotopic (exact) mass is 313 g/mol. The average Bonchev–Trinajstić information content (AvgIpc) is 2.67. The highest BCUT2D eigenvalue weighted by Crippen LogP contribution is 2.43. The minimum atomic E-state index is -4.80. The van der Waals surface area contributed by atoms with Gasteiger partial charge in [0.2, 0.25) is 0 Å². The second kappa shape index (κ2) is 5.36. The number of likely N-dealkylation sites (tertiary alicyclic amines) is 1. The Morgan fingerprint density at radius 1 is 1.29 bits per heavy atom. The van der Waals surface area contributed by atoms with Crippen molar-refractivity contribution in [2.24, 2.45) is 0 Å². The number of nitrogens with zero attached hydrogens (tertiary/aromatic N) is 1. The number of carbonyl (C=O) groups excluding carboxylic acids is 1. The van der Waals surface area contributed by atoms with E-state index in [4.69, 9.17) is 9.84 Å². The summed E-state index contributed by atoms with van der Waals surface area (Å²) in [7, 11) is 0.838. The first-order valence-electron chi connectivity index (χ1n) is 6.17. The molecular formula is C12H18F3NO5. The van der Waals surface area contributed by atoms with Crippen LogP contribution in [0.2, 0.25) is 0 Å². The van der Waals surface area contributed by atoms with Gasteiger partial charge in [-0.3, -0.25) is 4.90 Å². The lowest BCUT2D eigenvalue weighted by atomic mass is 9.99. The smallest absolute Gasteiger partial charge is 0.419 e. The summed E-state index contributed by atoms with van der Waals surface area (Å²) in [5.74, 6) is -1.54. The third-order valence-electron chi connectivity index (χ3n) is 3.15. The Hall–Kier alpha value is -1.51. The second-order valence-corrected chi connectivity index (χ2v) is 5.86. The van der Waals surface area contributed by atoms with Gasteiger partial charge in [0.05, 0.1) is 6.54 Å². The predicted octanol–water partition coefficient (Wildman–Crippen LogP) is 2.03. The third-order valence-corrected chi connectivity index (χ3v) is 3.15. The number of carboxylic acids is 1. The van der Waals surface area contributed by atoms with Crippen molar-refractivity contribution in [2.45, 2.75) is 50.6 Å². The van der Waals surface area contributed by atoms with Crippen LogP contribution < -0.4 is 0 Å². The quantitative estimate of drug-likeness (QED) is 0.844. The number of aliphatic carboxylic acids is 1. The van der Waals surface area contributed by atoms with E-state index in [0.717, 1.165) is 7.11 Å². The first-order valence-corrected chi connectivity index (χ1v) is 6.17. The van der Waals surface area contributed by atoms with E-state index in [2.05, 4.69) is 4.74 Å². The van der Waals surface area contributed by atoms with Gasteiger partial charge in [0, 0.05) is 13.5 Å². The summed E-state index contributed by atoms with van der Waals surface area (Å²) in [4.78, 5) is 23.6. The van der Waals surface area contributed by atoms with Gasteiger partial charge >= 0.3 is 18.2 Å². The van der Waals surface area contributed by atoms with Crippen molar-refractivity contribution in [3.05, 3.63) is 0 Å². The van der Waals surface area contributed by atoms with Crippen molar-refractivity contribution in [1.29, 1.82) is 0 Å². The lowest BCUT2D eigenvalue weighted by Gasteiger charge is -2.30. The highest BCUT2D eigenvalue weighted by Gasteiger charge is 2.64. The molecule has 0 aliphatic carbocycles. The predicted molar refractivity (Wildman–Crippen MR) is 64.8 cm³/mol. The van der Waals surface area contributed by atoms with Crippen LogP contribution in [0.4, 0.5) is 18.0 Å². The van der Waals surface area contributed by atoms with Gasteiger partial charge in [-0.15, -0.1) is 0 Å². The highest BCUT2D eigenvalue weighted by molar-refractivity contribution is 5.81. The fourth-order valence-electron chi connectivity index (χ4n) is 2.07. The maximum absolute atomic E-state index is 13.1. The average molecular weight is 313 g/mol. The number of methoxy groups -OCH3 is 1. The SMILES string of the molecule is CO[C@@]1(C(F)(F)F)C[C@@H](C(=O)O)N(C(=O)OC(C)(C)C)C1. The van der Waals surface area contributed by atoms with E-state index in [9.17, 15) is 22.8 Å². The summed E-state index contributed by atoms with van der Waals surface area (Å²) in [6.45, 7) is 3.68. The molecule has 9 heteroatoms. The fraction of sp³-hybridized carbons (Fsp3) is 0.833. The summed E-state index contributed by atoms with van der Waals surface area (Å²) in [6.07, 6.45) is -6.79. The van der Waals surface area contributed by atoms with Crippen LogP contribution in [0.1, 0.15) is 27.2 Å². The molecule has 1 rings (SSSR count). The summed E-state index contributed by atoms with van der Waals surface area (Å²) >= 11 is 0. The molecule has 6 nitrogen and oxygen atoms in total. The van der Waals surface area contributed by atoms with Gasteiger partial charge in [0.25, 0.3) is 0 Å². The lowest BCUT2D eigenvalue weighted by molar-refractivity contribution is -0.263. The molecule has 1 N–H and O–H groups in total. The first kappa shape index (κ1) is 17.5. The van der Waals surface area contributed by atoms with Crippen molar-refractivity contribution in [3.8, 4) is 0 Å². The minimum Gasteiger partial charge on any atom is -0.480 e. The number of rotatable bonds is 2. The Morgan fingerprint density at radius 3 is 2.14 bits per heavy atom. The molecule has 0 saturated carbocycles. The Balaban J connectivity index is 3.08. The molecule has 21 heavy (non-hydrogen) atoms. The van der Waals surface area contributed by atoms with Crippen LogP contribution in [0.15, 0.2) is 0 Å². The minimum absolute atomic E-state index is 0.546. The molecule has 0 aromatic heterocycles. The Morgan fingerprint density at radius 2 is 1.81 bits per heavy atom. The van der Waals surface area contributed by atoms with Gasteiger partial charge in [-0.25, -0.2) is 9.59 Å². The van der Waals surface area contributed by atoms with Gasteiger partial charge in [-0.1, -0.05) is 0 Å².